The summed E-state index contributed by atoms with van der Waals surface area (Å²) < 4.78 is 2.15. The fraction of sp³-hybridized carbons (Fsp3) is 0.263. The van der Waals surface area contributed by atoms with Crippen LogP contribution in [0.15, 0.2) is 55.0 Å². The van der Waals surface area contributed by atoms with Gasteiger partial charge in [0, 0.05) is 60.8 Å². The maximum atomic E-state index is 12.6. The van der Waals surface area contributed by atoms with Crippen molar-refractivity contribution in [1.29, 1.82) is 0 Å². The van der Waals surface area contributed by atoms with Gasteiger partial charge in [0.25, 0.3) is 0 Å². The first-order valence-electron chi connectivity index (χ1n) is 8.08. The van der Waals surface area contributed by atoms with Crippen LogP contribution in [0, 0.1) is 0 Å². The number of aromatic nitrogens is 2. The summed E-state index contributed by atoms with van der Waals surface area (Å²) in [5.74, 6) is 1.10. The van der Waals surface area contributed by atoms with E-state index in [9.17, 15) is 4.79 Å². The molecule has 0 N–H and O–H groups in total. The number of para-hydroxylation sites is 1. The summed E-state index contributed by atoms with van der Waals surface area (Å²) in [6, 6.07) is 12.4. The van der Waals surface area contributed by atoms with Crippen LogP contribution >= 0.6 is 11.8 Å². The van der Waals surface area contributed by atoms with Gasteiger partial charge in [-0.05, 0) is 23.8 Å². The largest absolute Gasteiger partial charge is 0.350 e. The highest BCUT2D eigenvalue weighted by molar-refractivity contribution is 7.99. The van der Waals surface area contributed by atoms with Crippen molar-refractivity contribution in [2.75, 3.05) is 5.75 Å². The lowest BCUT2D eigenvalue weighted by atomic mass is 10.1. The first-order chi connectivity index (χ1) is 11.7. The number of pyridine rings is 1. The molecule has 3 aromatic rings. The molecule has 1 aliphatic rings. The normalized spacial score (nSPS) is 18.3. The van der Waals surface area contributed by atoms with E-state index in [2.05, 4.69) is 47.1 Å². The molecule has 122 valence electrons. The quantitative estimate of drug-likeness (QED) is 0.731. The van der Waals surface area contributed by atoms with Gasteiger partial charge in [-0.2, -0.15) is 0 Å². The minimum Gasteiger partial charge on any atom is -0.350 e. The maximum Gasteiger partial charge on any atom is 0.224 e. The van der Waals surface area contributed by atoms with E-state index in [0.29, 0.717) is 13.0 Å². The minimum atomic E-state index is 0.0607. The standard InChI is InChI=1S/C19H19N3OS/c1-21-13-16(15-4-2-3-5-17(15)21)19-22(18(23)8-11-24-19)12-14-6-9-20-10-7-14/h2-7,9-10,13,19H,8,11-12H2,1H3. The third kappa shape index (κ3) is 2.69. The molecule has 0 radical (unpaired) electrons. The average Bonchev–Trinajstić information content (AvgIpc) is 2.95. The topological polar surface area (TPSA) is 38.1 Å². The van der Waals surface area contributed by atoms with Crippen molar-refractivity contribution in [3.8, 4) is 0 Å². The number of fused-ring (bicyclic) bond motifs is 1. The van der Waals surface area contributed by atoms with E-state index in [1.165, 1.54) is 16.5 Å². The molecule has 1 aromatic carbocycles. The lowest BCUT2D eigenvalue weighted by Crippen LogP contribution is -2.36. The number of carbonyl (C=O) groups excluding carboxylic acids is 1. The first kappa shape index (κ1) is 15.3. The molecule has 1 fully saturated rings. The van der Waals surface area contributed by atoms with Crippen LogP contribution in [0.4, 0.5) is 0 Å². The molecule has 0 spiro atoms. The fourth-order valence-corrected chi connectivity index (χ4v) is 4.56. The second-order valence-electron chi connectivity index (χ2n) is 6.06. The van der Waals surface area contributed by atoms with Gasteiger partial charge in [0.05, 0.1) is 0 Å². The highest BCUT2D eigenvalue weighted by atomic mass is 32.2. The number of amides is 1. The number of hydrogen-bond donors (Lipinski definition) is 0. The average molecular weight is 337 g/mol. The van der Waals surface area contributed by atoms with E-state index in [0.717, 1.165) is 11.3 Å². The predicted octanol–water partition coefficient (Wildman–Crippen LogP) is 3.74. The van der Waals surface area contributed by atoms with Crippen molar-refractivity contribution in [1.82, 2.24) is 14.5 Å². The molecule has 5 heteroatoms. The zero-order chi connectivity index (χ0) is 16.5. The molecule has 1 amide bonds. The molecule has 0 saturated carbocycles. The summed E-state index contributed by atoms with van der Waals surface area (Å²) >= 11 is 1.85. The summed E-state index contributed by atoms with van der Waals surface area (Å²) in [4.78, 5) is 18.7. The Morgan fingerprint density at radius 3 is 2.83 bits per heavy atom. The summed E-state index contributed by atoms with van der Waals surface area (Å²) in [7, 11) is 2.06. The summed E-state index contributed by atoms with van der Waals surface area (Å²) in [6.07, 6.45) is 6.34. The zero-order valence-corrected chi connectivity index (χ0v) is 14.4. The smallest absolute Gasteiger partial charge is 0.224 e. The molecular weight excluding hydrogens is 318 g/mol. The highest BCUT2D eigenvalue weighted by Gasteiger charge is 2.31. The lowest BCUT2D eigenvalue weighted by molar-refractivity contribution is -0.132. The number of thioether (sulfide) groups is 1. The van der Waals surface area contributed by atoms with Crippen LogP contribution in [0.25, 0.3) is 10.9 Å². The van der Waals surface area contributed by atoms with Crippen molar-refractivity contribution >= 4 is 28.6 Å². The Hall–Kier alpha value is -2.27. The third-order valence-corrected chi connectivity index (χ3v) is 5.76. The van der Waals surface area contributed by atoms with Gasteiger partial charge in [-0.25, -0.2) is 0 Å². The molecule has 0 bridgehead atoms. The Labute approximate surface area is 145 Å². The molecule has 2 aromatic heterocycles. The van der Waals surface area contributed by atoms with Gasteiger partial charge in [0.15, 0.2) is 0 Å². The number of aryl methyl sites for hydroxylation is 1. The number of nitrogens with zero attached hydrogens (tertiary/aromatic N) is 3. The van der Waals surface area contributed by atoms with E-state index < -0.39 is 0 Å². The van der Waals surface area contributed by atoms with E-state index >= 15 is 0 Å². The van der Waals surface area contributed by atoms with E-state index in [4.69, 9.17) is 0 Å². The molecule has 1 unspecified atom stereocenters. The van der Waals surface area contributed by atoms with Gasteiger partial charge >= 0.3 is 0 Å². The van der Waals surface area contributed by atoms with Gasteiger partial charge in [-0.1, -0.05) is 18.2 Å². The maximum absolute atomic E-state index is 12.6. The van der Waals surface area contributed by atoms with Crippen LogP contribution < -0.4 is 0 Å². The van der Waals surface area contributed by atoms with Crippen molar-refractivity contribution in [3.63, 3.8) is 0 Å². The van der Waals surface area contributed by atoms with Crippen molar-refractivity contribution in [2.24, 2.45) is 7.05 Å². The Kier molecular flexibility index (Phi) is 4.02. The number of benzene rings is 1. The Morgan fingerprint density at radius 1 is 1.21 bits per heavy atom. The monoisotopic (exact) mass is 337 g/mol. The minimum absolute atomic E-state index is 0.0607. The molecule has 0 aliphatic carbocycles. The molecular formula is C19H19N3OS. The van der Waals surface area contributed by atoms with Crippen molar-refractivity contribution in [3.05, 3.63) is 66.1 Å². The van der Waals surface area contributed by atoms with Crippen molar-refractivity contribution in [2.45, 2.75) is 18.3 Å². The molecule has 4 nitrogen and oxygen atoms in total. The first-order valence-corrected chi connectivity index (χ1v) is 9.13. The van der Waals surface area contributed by atoms with Crippen LogP contribution in [0.1, 0.15) is 22.9 Å². The molecule has 4 rings (SSSR count). The number of hydrogen-bond acceptors (Lipinski definition) is 3. The molecule has 24 heavy (non-hydrogen) atoms. The molecule has 1 aliphatic heterocycles. The molecule has 1 atom stereocenters. The van der Waals surface area contributed by atoms with E-state index in [-0.39, 0.29) is 11.3 Å². The zero-order valence-electron chi connectivity index (χ0n) is 13.6. The van der Waals surface area contributed by atoms with Gasteiger partial charge in [-0.3, -0.25) is 9.78 Å². The van der Waals surface area contributed by atoms with Crippen LogP contribution in [0.2, 0.25) is 0 Å². The number of rotatable bonds is 3. The Balaban J connectivity index is 1.74. The van der Waals surface area contributed by atoms with Crippen LogP contribution in [0.5, 0.6) is 0 Å². The SMILES string of the molecule is Cn1cc(C2SCCC(=O)N2Cc2ccncc2)c2ccccc21. The Morgan fingerprint density at radius 2 is 2.00 bits per heavy atom. The molecule has 3 heterocycles. The van der Waals surface area contributed by atoms with Crippen molar-refractivity contribution < 1.29 is 4.79 Å². The van der Waals surface area contributed by atoms with Gasteiger partial charge < -0.3 is 9.47 Å². The second kappa shape index (κ2) is 6.32. The van der Waals surface area contributed by atoms with Crippen LogP contribution in [-0.4, -0.2) is 26.1 Å². The van der Waals surface area contributed by atoms with Crippen LogP contribution in [-0.2, 0) is 18.4 Å². The Bertz CT molecular complexity index is 875. The van der Waals surface area contributed by atoms with Gasteiger partial charge in [0.2, 0.25) is 5.91 Å². The lowest BCUT2D eigenvalue weighted by Gasteiger charge is -2.35. The molecule has 1 saturated heterocycles. The summed E-state index contributed by atoms with van der Waals surface area (Å²) in [6.45, 7) is 0.627. The third-order valence-electron chi connectivity index (χ3n) is 4.49. The highest BCUT2D eigenvalue weighted by Crippen LogP contribution is 2.41. The fourth-order valence-electron chi connectivity index (χ4n) is 3.31. The van der Waals surface area contributed by atoms with Crippen LogP contribution in [0.3, 0.4) is 0 Å². The van der Waals surface area contributed by atoms with E-state index in [1.54, 1.807) is 12.4 Å². The predicted molar refractivity (Wildman–Crippen MR) is 97.5 cm³/mol. The number of carbonyl (C=O) groups is 1. The second-order valence-corrected chi connectivity index (χ2v) is 7.25. The summed E-state index contributed by atoms with van der Waals surface area (Å²) in [5.41, 5.74) is 3.54. The van der Waals surface area contributed by atoms with Gasteiger partial charge in [-0.15, -0.1) is 11.8 Å². The van der Waals surface area contributed by atoms with Gasteiger partial charge in [0.1, 0.15) is 5.37 Å². The van der Waals surface area contributed by atoms with E-state index in [1.807, 2.05) is 28.8 Å². The summed E-state index contributed by atoms with van der Waals surface area (Å²) in [5, 5.41) is 1.29.